The smallest absolute Gasteiger partial charge is 0.334 e. The normalized spacial score (nSPS) is 10.5. The molecule has 0 saturated carbocycles. The van der Waals surface area contributed by atoms with E-state index in [1.165, 1.54) is 6.33 Å². The van der Waals surface area contributed by atoms with E-state index in [4.69, 9.17) is 23.2 Å². The number of rotatable bonds is 5. The van der Waals surface area contributed by atoms with Crippen molar-refractivity contribution in [3.63, 3.8) is 0 Å². The summed E-state index contributed by atoms with van der Waals surface area (Å²) in [5, 5.41) is 18.6. The fourth-order valence-electron chi connectivity index (χ4n) is 2.35. The molecule has 2 N–H and O–H groups in total. The molecule has 3 aromatic rings. The zero-order chi connectivity index (χ0) is 19.6. The van der Waals surface area contributed by atoms with Crippen LogP contribution in [0, 0.1) is 24.0 Å². The van der Waals surface area contributed by atoms with Gasteiger partial charge in [0.25, 0.3) is 0 Å². The van der Waals surface area contributed by atoms with Gasteiger partial charge in [-0.1, -0.05) is 35.3 Å². The van der Waals surface area contributed by atoms with Crippen LogP contribution in [0.4, 0.5) is 28.7 Å². The van der Waals surface area contributed by atoms with Crippen molar-refractivity contribution >= 4 is 51.9 Å². The highest BCUT2D eigenvalue weighted by atomic mass is 35.5. The van der Waals surface area contributed by atoms with Crippen LogP contribution in [0.2, 0.25) is 10.0 Å². The number of hydrogen-bond donors (Lipinski definition) is 2. The molecule has 0 bridgehead atoms. The van der Waals surface area contributed by atoms with E-state index >= 15 is 0 Å². The van der Waals surface area contributed by atoms with E-state index in [1.54, 1.807) is 24.3 Å². The molecule has 0 aliphatic rings. The quantitative estimate of drug-likeness (QED) is 0.413. The third-order valence-electron chi connectivity index (χ3n) is 3.87. The Hall–Kier alpha value is -2.90. The van der Waals surface area contributed by atoms with Crippen molar-refractivity contribution in [2.45, 2.75) is 13.8 Å². The van der Waals surface area contributed by atoms with Gasteiger partial charge in [0, 0.05) is 21.4 Å². The molecule has 0 aliphatic carbocycles. The molecule has 9 heteroatoms. The van der Waals surface area contributed by atoms with E-state index in [1.807, 2.05) is 26.0 Å². The van der Waals surface area contributed by atoms with Crippen molar-refractivity contribution in [3.8, 4) is 0 Å². The topological polar surface area (TPSA) is 93.0 Å². The second-order valence-corrected chi connectivity index (χ2v) is 6.67. The van der Waals surface area contributed by atoms with Crippen molar-refractivity contribution in [2.24, 2.45) is 0 Å². The summed E-state index contributed by atoms with van der Waals surface area (Å²) in [4.78, 5) is 19.1. The minimum atomic E-state index is -0.545. The lowest BCUT2D eigenvalue weighted by atomic mass is 10.2. The molecule has 0 radical (unpaired) electrons. The van der Waals surface area contributed by atoms with Gasteiger partial charge in [-0.2, -0.15) is 0 Å². The Kier molecular flexibility index (Phi) is 5.43. The molecule has 0 amide bonds. The molecular formula is C18H15Cl2N5O2. The van der Waals surface area contributed by atoms with Crippen LogP contribution in [0.1, 0.15) is 11.1 Å². The number of anilines is 4. The number of nitro groups is 1. The number of aromatic nitrogens is 2. The van der Waals surface area contributed by atoms with Gasteiger partial charge in [0.2, 0.25) is 11.6 Å². The number of nitrogens with zero attached hydrogens (tertiary/aromatic N) is 3. The summed E-state index contributed by atoms with van der Waals surface area (Å²) in [5.74, 6) is 0.103. The van der Waals surface area contributed by atoms with Gasteiger partial charge in [-0.15, -0.1) is 0 Å². The highest BCUT2D eigenvalue weighted by Gasteiger charge is 2.23. The summed E-state index contributed by atoms with van der Waals surface area (Å²) < 4.78 is 0. The predicted molar refractivity (Wildman–Crippen MR) is 108 cm³/mol. The summed E-state index contributed by atoms with van der Waals surface area (Å²) >= 11 is 12.2. The lowest BCUT2D eigenvalue weighted by Gasteiger charge is -2.11. The van der Waals surface area contributed by atoms with E-state index in [-0.39, 0.29) is 17.3 Å². The van der Waals surface area contributed by atoms with Gasteiger partial charge in [-0.05, 0) is 49.2 Å². The molecule has 138 valence electrons. The van der Waals surface area contributed by atoms with Crippen LogP contribution in [0.5, 0.6) is 0 Å². The van der Waals surface area contributed by atoms with Crippen molar-refractivity contribution in [3.05, 3.63) is 74.0 Å². The second kappa shape index (κ2) is 7.77. The third kappa shape index (κ3) is 4.27. The van der Waals surface area contributed by atoms with Crippen LogP contribution in [-0.4, -0.2) is 14.9 Å². The molecule has 0 saturated heterocycles. The average Bonchev–Trinajstić information content (AvgIpc) is 2.61. The van der Waals surface area contributed by atoms with Crippen LogP contribution >= 0.6 is 23.2 Å². The summed E-state index contributed by atoms with van der Waals surface area (Å²) in [5.41, 5.74) is 2.68. The average molecular weight is 404 g/mol. The molecular weight excluding hydrogens is 389 g/mol. The summed E-state index contributed by atoms with van der Waals surface area (Å²) in [6.07, 6.45) is 1.24. The van der Waals surface area contributed by atoms with Crippen LogP contribution in [0.3, 0.4) is 0 Å². The Bertz CT molecular complexity index is 955. The number of hydrogen-bond acceptors (Lipinski definition) is 6. The van der Waals surface area contributed by atoms with E-state index in [0.717, 1.165) is 11.1 Å². The standard InChI is InChI=1S/C18H15Cl2N5O2/c1-10-3-5-12(7-14(10)19)23-17-16(25(26)27)18(22-9-21-17)24-13-6-4-11(2)15(20)8-13/h3-9H,1-2H3,(H2,21,22,23,24). The maximum Gasteiger partial charge on any atom is 0.353 e. The van der Waals surface area contributed by atoms with E-state index in [0.29, 0.717) is 21.4 Å². The first-order valence-corrected chi connectivity index (χ1v) is 8.66. The molecule has 7 nitrogen and oxygen atoms in total. The van der Waals surface area contributed by atoms with Crippen LogP contribution in [0.15, 0.2) is 42.7 Å². The monoisotopic (exact) mass is 403 g/mol. The molecule has 1 heterocycles. The third-order valence-corrected chi connectivity index (χ3v) is 4.69. The zero-order valence-corrected chi connectivity index (χ0v) is 16.0. The van der Waals surface area contributed by atoms with Gasteiger partial charge in [0.15, 0.2) is 0 Å². The molecule has 2 aromatic carbocycles. The number of aryl methyl sites for hydroxylation is 2. The largest absolute Gasteiger partial charge is 0.353 e. The number of nitrogens with one attached hydrogen (secondary N) is 2. The van der Waals surface area contributed by atoms with E-state index in [9.17, 15) is 10.1 Å². The maximum atomic E-state index is 11.7. The molecule has 0 atom stereocenters. The van der Waals surface area contributed by atoms with Crippen molar-refractivity contribution in [1.82, 2.24) is 9.97 Å². The number of benzene rings is 2. The first kappa shape index (κ1) is 18.9. The van der Waals surface area contributed by atoms with Gasteiger partial charge >= 0.3 is 5.69 Å². The molecule has 27 heavy (non-hydrogen) atoms. The molecule has 0 fully saturated rings. The lowest BCUT2D eigenvalue weighted by molar-refractivity contribution is -0.383. The second-order valence-electron chi connectivity index (χ2n) is 5.85. The van der Waals surface area contributed by atoms with Gasteiger partial charge in [-0.3, -0.25) is 10.1 Å². The first-order valence-electron chi connectivity index (χ1n) is 7.91. The Morgan fingerprint density at radius 3 is 1.70 bits per heavy atom. The predicted octanol–water partition coefficient (Wildman–Crippen LogP) is 5.80. The van der Waals surface area contributed by atoms with Crippen molar-refractivity contribution < 1.29 is 4.92 Å². The van der Waals surface area contributed by atoms with E-state index < -0.39 is 4.92 Å². The van der Waals surface area contributed by atoms with Crippen LogP contribution in [-0.2, 0) is 0 Å². The molecule has 1 aromatic heterocycles. The molecule has 0 aliphatic heterocycles. The minimum absolute atomic E-state index is 0.0515. The van der Waals surface area contributed by atoms with Crippen LogP contribution in [0.25, 0.3) is 0 Å². The molecule has 3 rings (SSSR count). The van der Waals surface area contributed by atoms with Gasteiger partial charge in [0.05, 0.1) is 4.92 Å². The summed E-state index contributed by atoms with van der Waals surface area (Å²) in [6.45, 7) is 3.74. The Labute approximate surface area is 165 Å². The highest BCUT2D eigenvalue weighted by Crippen LogP contribution is 2.34. The van der Waals surface area contributed by atoms with Crippen molar-refractivity contribution in [2.75, 3.05) is 10.6 Å². The first-order chi connectivity index (χ1) is 12.8. The Morgan fingerprint density at radius 2 is 1.33 bits per heavy atom. The minimum Gasteiger partial charge on any atom is -0.334 e. The SMILES string of the molecule is Cc1ccc(Nc2ncnc(Nc3ccc(C)c(Cl)c3)c2[N+](=O)[O-])cc1Cl. The maximum absolute atomic E-state index is 11.7. The van der Waals surface area contributed by atoms with Gasteiger partial charge in [0.1, 0.15) is 6.33 Å². The van der Waals surface area contributed by atoms with Gasteiger partial charge in [-0.25, -0.2) is 9.97 Å². The molecule has 0 unspecified atom stereocenters. The molecule has 0 spiro atoms. The number of halogens is 2. The highest BCUT2D eigenvalue weighted by molar-refractivity contribution is 6.32. The van der Waals surface area contributed by atoms with Gasteiger partial charge < -0.3 is 10.6 Å². The zero-order valence-electron chi connectivity index (χ0n) is 14.5. The Balaban J connectivity index is 1.97. The summed E-state index contributed by atoms with van der Waals surface area (Å²) in [7, 11) is 0. The summed E-state index contributed by atoms with van der Waals surface area (Å²) in [6, 6.07) is 10.5. The van der Waals surface area contributed by atoms with Crippen molar-refractivity contribution in [1.29, 1.82) is 0 Å². The Morgan fingerprint density at radius 1 is 0.889 bits per heavy atom. The lowest BCUT2D eigenvalue weighted by Crippen LogP contribution is -2.05. The van der Waals surface area contributed by atoms with E-state index in [2.05, 4.69) is 20.6 Å². The van der Waals surface area contributed by atoms with Crippen LogP contribution < -0.4 is 10.6 Å². The fraction of sp³-hybridized carbons (Fsp3) is 0.111. The fourth-order valence-corrected chi connectivity index (χ4v) is 2.71.